The number of nitrogens with one attached hydrogen (secondary N) is 1. The van der Waals surface area contributed by atoms with Crippen LogP contribution in [0.2, 0.25) is 0 Å². The molecule has 1 aliphatic heterocycles. The molecule has 0 aromatic heterocycles. The largest absolute Gasteiger partial charge is 0.493 e. The van der Waals surface area contributed by atoms with Crippen LogP contribution in [-0.2, 0) is 11.3 Å². The Balaban J connectivity index is 1.74. The molecular formula is C19H32N4O3. The van der Waals surface area contributed by atoms with Crippen molar-refractivity contribution in [3.63, 3.8) is 0 Å². The van der Waals surface area contributed by atoms with Crippen LogP contribution in [0.25, 0.3) is 0 Å². The first-order chi connectivity index (χ1) is 12.7. The smallest absolute Gasteiger partial charge is 0.188 e. The fourth-order valence-corrected chi connectivity index (χ4v) is 3.09. The van der Waals surface area contributed by atoms with Crippen LogP contribution < -0.4 is 20.5 Å². The van der Waals surface area contributed by atoms with Crippen molar-refractivity contribution in [3.8, 4) is 11.5 Å². The molecule has 1 heterocycles. The van der Waals surface area contributed by atoms with Gasteiger partial charge in [-0.15, -0.1) is 0 Å². The van der Waals surface area contributed by atoms with Crippen molar-refractivity contribution in [1.82, 2.24) is 10.2 Å². The van der Waals surface area contributed by atoms with E-state index in [1.807, 2.05) is 18.2 Å². The maximum atomic E-state index is 6.01. The molecular weight excluding hydrogens is 332 g/mol. The van der Waals surface area contributed by atoms with Crippen molar-refractivity contribution in [1.29, 1.82) is 0 Å². The maximum Gasteiger partial charge on any atom is 0.188 e. The Hall–Kier alpha value is -1.99. The summed E-state index contributed by atoms with van der Waals surface area (Å²) < 4.78 is 15.7. The molecule has 146 valence electrons. The third kappa shape index (κ3) is 6.38. The molecule has 0 amide bonds. The van der Waals surface area contributed by atoms with E-state index in [9.17, 15) is 0 Å². The molecule has 0 radical (unpaired) electrons. The van der Waals surface area contributed by atoms with Gasteiger partial charge in [0, 0.05) is 20.2 Å². The standard InChI is InChI=1S/C19H32N4O3/c1-24-11-10-23-8-6-15(7-9-23)13-21-19(20)22-14-16-4-5-17(25-2)18(12-16)26-3/h4-5,12,15H,6-11,13-14H2,1-3H3,(H3,20,21,22). The molecule has 0 spiro atoms. The van der Waals surface area contributed by atoms with Crippen LogP contribution in [0.4, 0.5) is 0 Å². The summed E-state index contributed by atoms with van der Waals surface area (Å²) >= 11 is 0. The van der Waals surface area contributed by atoms with Gasteiger partial charge in [-0.25, -0.2) is 4.99 Å². The van der Waals surface area contributed by atoms with Crippen molar-refractivity contribution in [2.24, 2.45) is 16.6 Å². The summed E-state index contributed by atoms with van der Waals surface area (Å²) in [6, 6.07) is 5.77. The number of rotatable bonds is 9. The molecule has 26 heavy (non-hydrogen) atoms. The molecule has 0 unspecified atom stereocenters. The van der Waals surface area contributed by atoms with Crippen LogP contribution >= 0.6 is 0 Å². The molecule has 1 aromatic carbocycles. The molecule has 1 fully saturated rings. The lowest BCUT2D eigenvalue weighted by molar-refractivity contribution is 0.121. The number of likely N-dealkylation sites (tertiary alicyclic amines) is 1. The highest BCUT2D eigenvalue weighted by molar-refractivity contribution is 5.77. The van der Waals surface area contributed by atoms with Crippen LogP contribution in [0.1, 0.15) is 18.4 Å². The summed E-state index contributed by atoms with van der Waals surface area (Å²) in [4.78, 5) is 6.88. The Labute approximate surface area is 156 Å². The summed E-state index contributed by atoms with van der Waals surface area (Å²) in [5, 5.41) is 3.26. The number of ether oxygens (including phenoxy) is 3. The first kappa shape index (κ1) is 20.3. The van der Waals surface area contributed by atoms with Crippen LogP contribution in [0.5, 0.6) is 11.5 Å². The molecule has 0 atom stereocenters. The Morgan fingerprint density at radius 2 is 1.92 bits per heavy atom. The summed E-state index contributed by atoms with van der Waals surface area (Å²) in [6.45, 7) is 5.45. The molecule has 7 nitrogen and oxygen atoms in total. The van der Waals surface area contributed by atoms with Crippen LogP contribution in [0.15, 0.2) is 23.2 Å². The summed E-state index contributed by atoms with van der Waals surface area (Å²) in [5.41, 5.74) is 7.04. The quantitative estimate of drug-likeness (QED) is 0.510. The Morgan fingerprint density at radius 1 is 1.19 bits per heavy atom. The Bertz CT molecular complexity index is 572. The van der Waals surface area contributed by atoms with Gasteiger partial charge in [-0.05, 0) is 49.5 Å². The Morgan fingerprint density at radius 3 is 2.58 bits per heavy atom. The lowest BCUT2D eigenvalue weighted by Crippen LogP contribution is -2.41. The number of piperidine rings is 1. The van der Waals surface area contributed by atoms with Crippen LogP contribution in [0.3, 0.4) is 0 Å². The van der Waals surface area contributed by atoms with Gasteiger partial charge < -0.3 is 30.2 Å². The molecule has 1 saturated heterocycles. The van der Waals surface area contributed by atoms with Gasteiger partial charge in [-0.3, -0.25) is 0 Å². The van der Waals surface area contributed by atoms with Crippen molar-refractivity contribution >= 4 is 5.96 Å². The molecule has 0 aliphatic carbocycles. The summed E-state index contributed by atoms with van der Waals surface area (Å²) in [7, 11) is 5.00. The number of hydrogen-bond acceptors (Lipinski definition) is 5. The van der Waals surface area contributed by atoms with E-state index in [2.05, 4.69) is 15.2 Å². The lowest BCUT2D eigenvalue weighted by Gasteiger charge is -2.31. The first-order valence-corrected chi connectivity index (χ1v) is 9.12. The predicted molar refractivity (Wildman–Crippen MR) is 104 cm³/mol. The van der Waals surface area contributed by atoms with E-state index >= 15 is 0 Å². The fourth-order valence-electron chi connectivity index (χ4n) is 3.09. The minimum Gasteiger partial charge on any atom is -0.493 e. The second-order valence-corrected chi connectivity index (χ2v) is 6.55. The minimum absolute atomic E-state index is 0.488. The van der Waals surface area contributed by atoms with Crippen LogP contribution in [0, 0.1) is 5.92 Å². The van der Waals surface area contributed by atoms with Gasteiger partial charge in [0.05, 0.1) is 27.4 Å². The number of methoxy groups -OCH3 is 3. The van der Waals surface area contributed by atoms with E-state index in [0.717, 1.165) is 38.3 Å². The van der Waals surface area contributed by atoms with Gasteiger partial charge in [-0.2, -0.15) is 0 Å². The Kier molecular flexibility index (Phi) is 8.50. The monoisotopic (exact) mass is 364 g/mol. The third-order valence-electron chi connectivity index (χ3n) is 4.77. The van der Waals surface area contributed by atoms with E-state index in [1.165, 1.54) is 12.8 Å². The van der Waals surface area contributed by atoms with E-state index in [1.54, 1.807) is 21.3 Å². The highest BCUT2D eigenvalue weighted by Crippen LogP contribution is 2.27. The van der Waals surface area contributed by atoms with Crippen molar-refractivity contribution in [3.05, 3.63) is 23.8 Å². The van der Waals surface area contributed by atoms with Gasteiger partial charge in [0.25, 0.3) is 0 Å². The second-order valence-electron chi connectivity index (χ2n) is 6.55. The molecule has 1 aromatic rings. The number of aliphatic imine (C=N–C) groups is 1. The molecule has 0 bridgehead atoms. The second kappa shape index (κ2) is 10.9. The maximum absolute atomic E-state index is 6.01. The van der Waals surface area contributed by atoms with Crippen molar-refractivity contribution < 1.29 is 14.2 Å². The normalized spacial score (nSPS) is 16.5. The number of hydrogen-bond donors (Lipinski definition) is 2. The highest BCUT2D eigenvalue weighted by Gasteiger charge is 2.18. The number of guanidine groups is 1. The van der Waals surface area contributed by atoms with Gasteiger partial charge in [0.15, 0.2) is 17.5 Å². The van der Waals surface area contributed by atoms with Crippen LogP contribution in [-0.4, -0.2) is 65.0 Å². The van der Waals surface area contributed by atoms with E-state index < -0.39 is 0 Å². The van der Waals surface area contributed by atoms with Gasteiger partial charge in [0.1, 0.15) is 0 Å². The fraction of sp³-hybridized carbons (Fsp3) is 0.632. The summed E-state index contributed by atoms with van der Waals surface area (Å²) in [5.74, 6) is 2.54. The molecule has 1 aliphatic rings. The number of nitrogens with zero attached hydrogens (tertiary/aromatic N) is 2. The lowest BCUT2D eigenvalue weighted by atomic mass is 9.97. The number of benzene rings is 1. The van der Waals surface area contributed by atoms with E-state index in [4.69, 9.17) is 19.9 Å². The zero-order valence-corrected chi connectivity index (χ0v) is 16.2. The zero-order valence-electron chi connectivity index (χ0n) is 16.2. The zero-order chi connectivity index (χ0) is 18.8. The minimum atomic E-state index is 0.488. The molecule has 3 N–H and O–H groups in total. The van der Waals surface area contributed by atoms with Crippen molar-refractivity contribution in [2.75, 3.05) is 54.1 Å². The highest BCUT2D eigenvalue weighted by atomic mass is 16.5. The van der Waals surface area contributed by atoms with Gasteiger partial charge in [-0.1, -0.05) is 6.07 Å². The molecule has 0 saturated carbocycles. The van der Waals surface area contributed by atoms with Gasteiger partial charge >= 0.3 is 0 Å². The van der Waals surface area contributed by atoms with E-state index in [-0.39, 0.29) is 0 Å². The summed E-state index contributed by atoms with van der Waals surface area (Å²) in [6.07, 6.45) is 2.36. The van der Waals surface area contributed by atoms with Gasteiger partial charge in [0.2, 0.25) is 0 Å². The SMILES string of the molecule is COCCN1CCC(CNC(N)=NCc2ccc(OC)c(OC)c2)CC1. The van der Waals surface area contributed by atoms with Crippen molar-refractivity contribution in [2.45, 2.75) is 19.4 Å². The third-order valence-corrected chi connectivity index (χ3v) is 4.77. The molecule has 2 rings (SSSR count). The topological polar surface area (TPSA) is 81.3 Å². The van der Waals surface area contributed by atoms with E-state index in [0.29, 0.717) is 29.9 Å². The molecule has 7 heteroatoms. The average Bonchev–Trinajstić information content (AvgIpc) is 2.69. The average molecular weight is 364 g/mol. The predicted octanol–water partition coefficient (Wildman–Crippen LogP) is 1.47. The number of nitrogens with two attached hydrogens (primary N) is 1. The first-order valence-electron chi connectivity index (χ1n) is 9.12.